The molecule has 0 atom stereocenters. The summed E-state index contributed by atoms with van der Waals surface area (Å²) in [4.78, 5) is 0. The normalized spacial score (nSPS) is 10.5. The minimum absolute atomic E-state index is 0.529. The summed E-state index contributed by atoms with van der Waals surface area (Å²) in [5.74, 6) is 0. The Morgan fingerprint density at radius 2 is 2.11 bits per heavy atom. The van der Waals surface area contributed by atoms with E-state index in [9.17, 15) is 0 Å². The molecule has 0 saturated heterocycles. The van der Waals surface area contributed by atoms with Crippen molar-refractivity contribution in [2.24, 2.45) is 0 Å². The number of anilines is 1. The van der Waals surface area contributed by atoms with Gasteiger partial charge in [0.15, 0.2) is 0 Å². The first kappa shape index (κ1) is 13.0. The molecule has 1 N–H and O–H groups in total. The predicted molar refractivity (Wildman–Crippen MR) is 73.9 cm³/mol. The summed E-state index contributed by atoms with van der Waals surface area (Å²) in [6.07, 6.45) is 2.07. The number of nitrogens with one attached hydrogen (secondary N) is 1. The number of hydrogen-bond acceptors (Lipinski definition) is 5. The highest BCUT2D eigenvalue weighted by Crippen LogP contribution is 2.17. The molecule has 18 heavy (non-hydrogen) atoms. The zero-order valence-electron chi connectivity index (χ0n) is 10.4. The van der Waals surface area contributed by atoms with Crippen LogP contribution in [-0.2, 0) is 17.8 Å². The minimum Gasteiger partial charge on any atom is -0.377 e. The molecule has 1 aromatic heterocycles. The molecule has 1 heterocycles. The lowest BCUT2D eigenvalue weighted by atomic mass is 10.1. The highest BCUT2D eigenvalue weighted by Gasteiger charge is 2.05. The molecule has 1 aromatic carbocycles. The van der Waals surface area contributed by atoms with Crippen molar-refractivity contribution in [2.45, 2.75) is 19.4 Å². The van der Waals surface area contributed by atoms with E-state index in [-0.39, 0.29) is 0 Å². The van der Waals surface area contributed by atoms with Crippen molar-refractivity contribution in [3.63, 3.8) is 0 Å². The number of benzene rings is 1. The van der Waals surface area contributed by atoms with Gasteiger partial charge in [0, 0.05) is 25.2 Å². The van der Waals surface area contributed by atoms with Gasteiger partial charge in [-0.1, -0.05) is 34.8 Å². The molecular formula is C13H17N3OS. The molecule has 0 radical (unpaired) electrons. The van der Waals surface area contributed by atoms with Crippen molar-refractivity contribution < 1.29 is 4.74 Å². The summed E-state index contributed by atoms with van der Waals surface area (Å²) in [6, 6.07) is 10.5. The summed E-state index contributed by atoms with van der Waals surface area (Å²) < 4.78 is 9.50. The van der Waals surface area contributed by atoms with E-state index >= 15 is 0 Å². The standard InChI is InChI=1S/C13H17N3OS/c1-14-13-12(15-16-18-13)10-17-9-5-8-11-6-3-2-4-7-11/h2-4,6-7,14H,5,8-10H2,1H3. The maximum Gasteiger partial charge on any atom is 0.135 e. The van der Waals surface area contributed by atoms with Crippen LogP contribution in [0.3, 0.4) is 0 Å². The van der Waals surface area contributed by atoms with Crippen LogP contribution >= 0.6 is 11.5 Å². The third kappa shape index (κ3) is 3.78. The Kier molecular flexibility index (Phi) is 5.11. The summed E-state index contributed by atoms with van der Waals surface area (Å²) in [5.41, 5.74) is 2.24. The fraction of sp³-hybridized carbons (Fsp3) is 0.385. The first-order chi connectivity index (χ1) is 8.90. The maximum atomic E-state index is 5.61. The molecule has 0 aliphatic heterocycles. The molecular weight excluding hydrogens is 246 g/mol. The topological polar surface area (TPSA) is 47.0 Å². The van der Waals surface area contributed by atoms with Gasteiger partial charge in [-0.3, -0.25) is 0 Å². The van der Waals surface area contributed by atoms with Crippen LogP contribution in [-0.4, -0.2) is 23.2 Å². The van der Waals surface area contributed by atoms with Crippen molar-refractivity contribution in [1.82, 2.24) is 9.59 Å². The average molecular weight is 263 g/mol. The largest absolute Gasteiger partial charge is 0.377 e. The van der Waals surface area contributed by atoms with Crippen LogP contribution in [0.1, 0.15) is 17.7 Å². The van der Waals surface area contributed by atoms with E-state index in [1.54, 1.807) is 0 Å². The number of rotatable bonds is 7. The SMILES string of the molecule is CNc1snnc1COCCCc1ccccc1. The van der Waals surface area contributed by atoms with Crippen molar-refractivity contribution >= 4 is 16.5 Å². The van der Waals surface area contributed by atoms with Gasteiger partial charge >= 0.3 is 0 Å². The third-order valence-corrected chi connectivity index (χ3v) is 3.40. The van der Waals surface area contributed by atoms with Crippen LogP contribution in [0.25, 0.3) is 0 Å². The molecule has 5 heteroatoms. The Hall–Kier alpha value is -1.46. The van der Waals surface area contributed by atoms with E-state index in [1.807, 2.05) is 13.1 Å². The molecule has 0 fully saturated rings. The Bertz CT molecular complexity index is 458. The lowest BCUT2D eigenvalue weighted by Crippen LogP contribution is -2.00. The number of nitrogens with zero attached hydrogens (tertiary/aromatic N) is 2. The number of hydrogen-bond donors (Lipinski definition) is 1. The van der Waals surface area contributed by atoms with Crippen LogP contribution in [0.5, 0.6) is 0 Å². The van der Waals surface area contributed by atoms with Crippen LogP contribution in [0.2, 0.25) is 0 Å². The van der Waals surface area contributed by atoms with Crippen molar-refractivity contribution in [3.05, 3.63) is 41.6 Å². The Morgan fingerprint density at radius 3 is 2.89 bits per heavy atom. The molecule has 0 bridgehead atoms. The first-order valence-electron chi connectivity index (χ1n) is 6.01. The van der Waals surface area contributed by atoms with Crippen LogP contribution < -0.4 is 5.32 Å². The second-order valence-electron chi connectivity index (χ2n) is 3.94. The monoisotopic (exact) mass is 263 g/mol. The van der Waals surface area contributed by atoms with Crippen LogP contribution in [0, 0.1) is 0 Å². The van der Waals surface area contributed by atoms with Crippen molar-refractivity contribution in [3.8, 4) is 0 Å². The van der Waals surface area contributed by atoms with Gasteiger partial charge in [-0.25, -0.2) is 0 Å². The summed E-state index contributed by atoms with van der Waals surface area (Å²) in [5, 5.41) is 8.06. The molecule has 0 amide bonds. The molecule has 0 saturated carbocycles. The van der Waals surface area contributed by atoms with E-state index in [2.05, 4.69) is 39.2 Å². The first-order valence-corrected chi connectivity index (χ1v) is 6.78. The van der Waals surface area contributed by atoms with Gasteiger partial charge in [-0.15, -0.1) is 5.10 Å². The summed E-state index contributed by atoms with van der Waals surface area (Å²) >= 11 is 1.36. The predicted octanol–water partition coefficient (Wildman–Crippen LogP) is 2.73. The Balaban J connectivity index is 1.65. The molecule has 4 nitrogen and oxygen atoms in total. The minimum atomic E-state index is 0.529. The van der Waals surface area contributed by atoms with E-state index in [0.29, 0.717) is 6.61 Å². The van der Waals surface area contributed by atoms with E-state index in [0.717, 1.165) is 30.1 Å². The van der Waals surface area contributed by atoms with Crippen LogP contribution in [0.4, 0.5) is 5.00 Å². The molecule has 0 unspecified atom stereocenters. The fourth-order valence-corrected chi connectivity index (χ4v) is 2.20. The van der Waals surface area contributed by atoms with Crippen molar-refractivity contribution in [1.29, 1.82) is 0 Å². The quantitative estimate of drug-likeness (QED) is 0.780. The maximum absolute atomic E-state index is 5.61. The zero-order valence-corrected chi connectivity index (χ0v) is 11.2. The van der Waals surface area contributed by atoms with Gasteiger partial charge in [0.05, 0.1) is 6.61 Å². The van der Waals surface area contributed by atoms with Gasteiger partial charge in [0.1, 0.15) is 10.7 Å². The molecule has 0 spiro atoms. The van der Waals surface area contributed by atoms with Gasteiger partial charge in [-0.05, 0) is 18.4 Å². The van der Waals surface area contributed by atoms with E-state index in [4.69, 9.17) is 4.74 Å². The molecule has 2 aromatic rings. The highest BCUT2D eigenvalue weighted by molar-refractivity contribution is 7.10. The molecule has 96 valence electrons. The van der Waals surface area contributed by atoms with E-state index in [1.165, 1.54) is 17.1 Å². The summed E-state index contributed by atoms with van der Waals surface area (Å²) in [7, 11) is 1.87. The Labute approximate surface area is 111 Å². The van der Waals surface area contributed by atoms with Crippen molar-refractivity contribution in [2.75, 3.05) is 19.0 Å². The van der Waals surface area contributed by atoms with Gasteiger partial charge in [0.2, 0.25) is 0 Å². The molecule has 2 rings (SSSR count). The molecule has 0 aliphatic rings. The fourth-order valence-electron chi connectivity index (χ4n) is 1.68. The van der Waals surface area contributed by atoms with Crippen LogP contribution in [0.15, 0.2) is 30.3 Å². The number of ether oxygens (including phenoxy) is 1. The second-order valence-corrected chi connectivity index (χ2v) is 4.69. The van der Waals surface area contributed by atoms with Gasteiger partial charge in [0.25, 0.3) is 0 Å². The number of aromatic nitrogens is 2. The van der Waals surface area contributed by atoms with Gasteiger partial charge < -0.3 is 10.1 Å². The highest BCUT2D eigenvalue weighted by atomic mass is 32.1. The zero-order chi connectivity index (χ0) is 12.6. The van der Waals surface area contributed by atoms with E-state index < -0.39 is 0 Å². The summed E-state index contributed by atoms with van der Waals surface area (Å²) in [6.45, 7) is 1.27. The number of aryl methyl sites for hydroxylation is 1. The third-order valence-electron chi connectivity index (χ3n) is 2.62. The Morgan fingerprint density at radius 1 is 1.28 bits per heavy atom. The lowest BCUT2D eigenvalue weighted by molar-refractivity contribution is 0.116. The average Bonchev–Trinajstić information content (AvgIpc) is 2.87. The van der Waals surface area contributed by atoms with Gasteiger partial charge in [-0.2, -0.15) is 0 Å². The lowest BCUT2D eigenvalue weighted by Gasteiger charge is -2.04. The molecule has 0 aliphatic carbocycles. The smallest absolute Gasteiger partial charge is 0.135 e. The second kappa shape index (κ2) is 7.08.